The fourth-order valence-electron chi connectivity index (χ4n) is 1.74. The first-order valence-electron chi connectivity index (χ1n) is 6.06. The lowest BCUT2D eigenvalue weighted by molar-refractivity contribution is 0.199. The highest BCUT2D eigenvalue weighted by Gasteiger charge is 2.22. The summed E-state index contributed by atoms with van der Waals surface area (Å²) < 4.78 is 4.94. The van der Waals surface area contributed by atoms with Gasteiger partial charge in [0, 0.05) is 32.7 Å². The maximum Gasteiger partial charge on any atom is 0.251 e. The predicted octanol–water partition coefficient (Wildman–Crippen LogP) is 0.458. The average molecular weight is 237 g/mol. The van der Waals surface area contributed by atoms with Crippen LogP contribution in [0.25, 0.3) is 0 Å². The zero-order chi connectivity index (χ0) is 12.1. The number of nitrogens with zero attached hydrogens (tertiary/aromatic N) is 1. The molecule has 0 spiro atoms. The van der Waals surface area contributed by atoms with E-state index in [1.165, 1.54) is 12.8 Å². The highest BCUT2D eigenvalue weighted by molar-refractivity contribution is 5.04. The first kappa shape index (κ1) is 12.3. The van der Waals surface area contributed by atoms with Crippen molar-refractivity contribution >= 4 is 0 Å². The van der Waals surface area contributed by atoms with E-state index in [0.717, 1.165) is 30.4 Å². The Balaban J connectivity index is 1.90. The molecule has 17 heavy (non-hydrogen) atoms. The van der Waals surface area contributed by atoms with E-state index in [-0.39, 0.29) is 5.56 Å². The molecule has 94 valence electrons. The Morgan fingerprint density at radius 3 is 3.12 bits per heavy atom. The van der Waals surface area contributed by atoms with Crippen LogP contribution in [-0.4, -0.2) is 30.2 Å². The standard InChI is InChI=1S/C12H19N3O2/c1-17-5-4-13-8-10-7-12(16)15-11(14-10)6-9-2-3-9/h7,9,13H,2-6,8H2,1H3,(H,14,15,16). The van der Waals surface area contributed by atoms with Crippen LogP contribution in [0.15, 0.2) is 10.9 Å². The van der Waals surface area contributed by atoms with Crippen molar-refractivity contribution in [1.29, 1.82) is 0 Å². The molecule has 1 saturated carbocycles. The summed E-state index contributed by atoms with van der Waals surface area (Å²) in [5, 5.41) is 3.19. The molecule has 1 aromatic heterocycles. The molecule has 2 rings (SSSR count). The zero-order valence-electron chi connectivity index (χ0n) is 10.2. The highest BCUT2D eigenvalue weighted by Crippen LogP contribution is 2.31. The van der Waals surface area contributed by atoms with E-state index in [4.69, 9.17) is 4.74 Å². The molecule has 1 fully saturated rings. The molecule has 0 aromatic carbocycles. The molecule has 0 amide bonds. The summed E-state index contributed by atoms with van der Waals surface area (Å²) in [7, 11) is 1.67. The van der Waals surface area contributed by atoms with Crippen LogP contribution in [0.5, 0.6) is 0 Å². The predicted molar refractivity (Wildman–Crippen MR) is 64.9 cm³/mol. The van der Waals surface area contributed by atoms with Gasteiger partial charge < -0.3 is 15.0 Å². The quantitative estimate of drug-likeness (QED) is 0.676. The summed E-state index contributed by atoms with van der Waals surface area (Å²) in [6.07, 6.45) is 3.43. The van der Waals surface area contributed by atoms with Crippen molar-refractivity contribution in [2.45, 2.75) is 25.8 Å². The molecule has 5 nitrogen and oxygen atoms in total. The molecule has 2 N–H and O–H groups in total. The van der Waals surface area contributed by atoms with Gasteiger partial charge >= 0.3 is 0 Å². The fourth-order valence-corrected chi connectivity index (χ4v) is 1.74. The second-order valence-corrected chi connectivity index (χ2v) is 4.50. The number of hydrogen-bond acceptors (Lipinski definition) is 4. The third kappa shape index (κ3) is 4.28. The van der Waals surface area contributed by atoms with E-state index >= 15 is 0 Å². The number of ether oxygens (including phenoxy) is 1. The molecular weight excluding hydrogens is 218 g/mol. The number of methoxy groups -OCH3 is 1. The molecular formula is C12H19N3O2. The topological polar surface area (TPSA) is 67.0 Å². The van der Waals surface area contributed by atoms with Gasteiger partial charge in [0.2, 0.25) is 0 Å². The first-order chi connectivity index (χ1) is 8.28. The zero-order valence-corrected chi connectivity index (χ0v) is 10.2. The maximum atomic E-state index is 11.5. The second-order valence-electron chi connectivity index (χ2n) is 4.50. The van der Waals surface area contributed by atoms with Crippen LogP contribution in [0, 0.1) is 5.92 Å². The molecule has 1 aliphatic carbocycles. The van der Waals surface area contributed by atoms with Gasteiger partial charge in [0.25, 0.3) is 5.56 Å². The lowest BCUT2D eigenvalue weighted by atomic mass is 10.2. The molecule has 0 radical (unpaired) electrons. The highest BCUT2D eigenvalue weighted by atomic mass is 16.5. The van der Waals surface area contributed by atoms with Gasteiger partial charge in [0.15, 0.2) is 0 Å². The number of aromatic amines is 1. The smallest absolute Gasteiger partial charge is 0.251 e. The van der Waals surface area contributed by atoms with Gasteiger partial charge in [-0.1, -0.05) is 0 Å². The molecule has 0 saturated heterocycles. The molecule has 5 heteroatoms. The number of nitrogens with one attached hydrogen (secondary N) is 2. The SMILES string of the molecule is COCCNCc1cc(=O)[nH]c(CC2CC2)n1. The van der Waals surface area contributed by atoms with Crippen LogP contribution < -0.4 is 10.9 Å². The fraction of sp³-hybridized carbons (Fsp3) is 0.667. The Hall–Kier alpha value is -1.20. The Bertz CT molecular complexity index is 412. The van der Waals surface area contributed by atoms with Crippen molar-refractivity contribution in [3.05, 3.63) is 27.9 Å². The Morgan fingerprint density at radius 1 is 1.59 bits per heavy atom. The van der Waals surface area contributed by atoms with Crippen LogP contribution in [-0.2, 0) is 17.7 Å². The van der Waals surface area contributed by atoms with Crippen LogP contribution in [0.3, 0.4) is 0 Å². The third-order valence-electron chi connectivity index (χ3n) is 2.81. The van der Waals surface area contributed by atoms with Crippen molar-refractivity contribution in [2.75, 3.05) is 20.3 Å². The number of aromatic nitrogens is 2. The van der Waals surface area contributed by atoms with E-state index in [1.54, 1.807) is 13.2 Å². The van der Waals surface area contributed by atoms with Gasteiger partial charge in [-0.25, -0.2) is 4.98 Å². The average Bonchev–Trinajstić information content (AvgIpc) is 3.07. The number of rotatable bonds is 7. The minimum Gasteiger partial charge on any atom is -0.383 e. The molecule has 0 atom stereocenters. The Labute approximate surface area is 101 Å². The van der Waals surface area contributed by atoms with Gasteiger partial charge in [0.1, 0.15) is 5.82 Å². The molecule has 0 unspecified atom stereocenters. The summed E-state index contributed by atoms with van der Waals surface area (Å²) in [5.74, 6) is 1.55. The lowest BCUT2D eigenvalue weighted by Crippen LogP contribution is -2.22. The van der Waals surface area contributed by atoms with Gasteiger partial charge in [-0.05, 0) is 18.8 Å². The molecule has 0 bridgehead atoms. The van der Waals surface area contributed by atoms with E-state index in [9.17, 15) is 4.79 Å². The number of hydrogen-bond donors (Lipinski definition) is 2. The van der Waals surface area contributed by atoms with Crippen molar-refractivity contribution in [3.63, 3.8) is 0 Å². The summed E-state index contributed by atoms with van der Waals surface area (Å²) in [5.41, 5.74) is 0.750. The van der Waals surface area contributed by atoms with Crippen LogP contribution >= 0.6 is 0 Å². The molecule has 1 heterocycles. The molecule has 1 aromatic rings. The van der Waals surface area contributed by atoms with E-state index in [2.05, 4.69) is 15.3 Å². The van der Waals surface area contributed by atoms with Crippen LogP contribution in [0.2, 0.25) is 0 Å². The third-order valence-corrected chi connectivity index (χ3v) is 2.81. The largest absolute Gasteiger partial charge is 0.383 e. The lowest BCUT2D eigenvalue weighted by Gasteiger charge is -2.05. The summed E-state index contributed by atoms with van der Waals surface area (Å²) in [4.78, 5) is 18.7. The molecule has 0 aliphatic heterocycles. The van der Waals surface area contributed by atoms with Crippen LogP contribution in [0.1, 0.15) is 24.4 Å². The van der Waals surface area contributed by atoms with Crippen molar-refractivity contribution in [1.82, 2.24) is 15.3 Å². The van der Waals surface area contributed by atoms with E-state index in [1.807, 2.05) is 0 Å². The summed E-state index contributed by atoms with van der Waals surface area (Å²) in [6.45, 7) is 2.05. The maximum absolute atomic E-state index is 11.5. The van der Waals surface area contributed by atoms with Crippen molar-refractivity contribution < 1.29 is 4.74 Å². The summed E-state index contributed by atoms with van der Waals surface area (Å²) in [6, 6.07) is 1.55. The van der Waals surface area contributed by atoms with Gasteiger partial charge in [0.05, 0.1) is 12.3 Å². The monoisotopic (exact) mass is 237 g/mol. The number of H-pyrrole nitrogens is 1. The summed E-state index contributed by atoms with van der Waals surface area (Å²) >= 11 is 0. The van der Waals surface area contributed by atoms with Gasteiger partial charge in [-0.3, -0.25) is 4.79 Å². The van der Waals surface area contributed by atoms with Crippen molar-refractivity contribution in [2.24, 2.45) is 5.92 Å². The van der Waals surface area contributed by atoms with Crippen molar-refractivity contribution in [3.8, 4) is 0 Å². The normalized spacial score (nSPS) is 15.1. The Morgan fingerprint density at radius 2 is 2.41 bits per heavy atom. The first-order valence-corrected chi connectivity index (χ1v) is 6.06. The van der Waals surface area contributed by atoms with Gasteiger partial charge in [-0.2, -0.15) is 0 Å². The van der Waals surface area contributed by atoms with Crippen LogP contribution in [0.4, 0.5) is 0 Å². The van der Waals surface area contributed by atoms with E-state index < -0.39 is 0 Å². The van der Waals surface area contributed by atoms with Gasteiger partial charge in [-0.15, -0.1) is 0 Å². The Kier molecular flexibility index (Phi) is 4.28. The minimum absolute atomic E-state index is 0.0563. The van der Waals surface area contributed by atoms with E-state index in [0.29, 0.717) is 13.2 Å². The minimum atomic E-state index is -0.0563. The second kappa shape index (κ2) is 5.93. The molecule has 1 aliphatic rings.